The molecule has 5 heteroatoms. The summed E-state index contributed by atoms with van der Waals surface area (Å²) in [6.45, 7) is 1.15. The van der Waals surface area contributed by atoms with Crippen LogP contribution in [0.4, 0.5) is 5.69 Å². The first-order valence-electron chi connectivity index (χ1n) is 8.47. The van der Waals surface area contributed by atoms with Gasteiger partial charge in [-0.1, -0.05) is 30.3 Å². The molecule has 3 rings (SSSR count). The van der Waals surface area contributed by atoms with Gasteiger partial charge in [-0.25, -0.2) is 0 Å². The summed E-state index contributed by atoms with van der Waals surface area (Å²) in [4.78, 5) is 26.9. The summed E-state index contributed by atoms with van der Waals surface area (Å²) in [7, 11) is 1.56. The summed E-state index contributed by atoms with van der Waals surface area (Å²) in [6.07, 6.45) is 1.33. The molecule has 0 aliphatic carbocycles. The van der Waals surface area contributed by atoms with Crippen molar-refractivity contribution in [2.75, 3.05) is 25.5 Å². The SMILES string of the molecule is COc1ccccc1C(=O)N1CCC(C(=O)Nc2ccccc2)CC1. The maximum Gasteiger partial charge on any atom is 0.257 e. The van der Waals surface area contributed by atoms with Crippen LogP contribution in [0.5, 0.6) is 5.75 Å². The van der Waals surface area contributed by atoms with Crippen molar-refractivity contribution < 1.29 is 14.3 Å². The number of likely N-dealkylation sites (tertiary alicyclic amines) is 1. The third-order valence-corrected chi connectivity index (χ3v) is 4.53. The maximum absolute atomic E-state index is 12.7. The number of carbonyl (C=O) groups is 2. The minimum atomic E-state index is -0.0677. The van der Waals surface area contributed by atoms with E-state index in [0.29, 0.717) is 37.2 Å². The van der Waals surface area contributed by atoms with Crippen molar-refractivity contribution in [3.05, 3.63) is 60.2 Å². The number of amides is 2. The fraction of sp³-hybridized carbons (Fsp3) is 0.300. The first kappa shape index (κ1) is 17.0. The lowest BCUT2D eigenvalue weighted by Crippen LogP contribution is -2.41. The van der Waals surface area contributed by atoms with Gasteiger partial charge in [-0.05, 0) is 37.1 Å². The lowest BCUT2D eigenvalue weighted by Gasteiger charge is -2.31. The maximum atomic E-state index is 12.7. The molecule has 0 aromatic heterocycles. The van der Waals surface area contributed by atoms with E-state index >= 15 is 0 Å². The van der Waals surface area contributed by atoms with Crippen LogP contribution in [0.1, 0.15) is 23.2 Å². The fourth-order valence-corrected chi connectivity index (χ4v) is 3.10. The van der Waals surface area contributed by atoms with Gasteiger partial charge in [-0.2, -0.15) is 0 Å². The lowest BCUT2D eigenvalue weighted by molar-refractivity contribution is -0.121. The van der Waals surface area contributed by atoms with Crippen LogP contribution in [0.3, 0.4) is 0 Å². The van der Waals surface area contributed by atoms with Crippen molar-refractivity contribution >= 4 is 17.5 Å². The van der Waals surface area contributed by atoms with Gasteiger partial charge in [0.25, 0.3) is 5.91 Å². The first-order chi connectivity index (χ1) is 12.2. The Morgan fingerprint density at radius 3 is 2.32 bits per heavy atom. The predicted molar refractivity (Wildman–Crippen MR) is 96.7 cm³/mol. The third kappa shape index (κ3) is 3.99. The lowest BCUT2D eigenvalue weighted by atomic mass is 9.95. The van der Waals surface area contributed by atoms with Crippen molar-refractivity contribution in [2.24, 2.45) is 5.92 Å². The van der Waals surface area contributed by atoms with Crippen LogP contribution in [-0.4, -0.2) is 36.9 Å². The monoisotopic (exact) mass is 338 g/mol. The van der Waals surface area contributed by atoms with Crippen molar-refractivity contribution in [1.82, 2.24) is 4.90 Å². The number of hydrogen-bond donors (Lipinski definition) is 1. The Morgan fingerprint density at radius 2 is 1.64 bits per heavy atom. The van der Waals surface area contributed by atoms with Crippen LogP contribution in [-0.2, 0) is 4.79 Å². The molecule has 1 saturated heterocycles. The zero-order valence-electron chi connectivity index (χ0n) is 14.3. The van der Waals surface area contributed by atoms with Gasteiger partial charge >= 0.3 is 0 Å². The van der Waals surface area contributed by atoms with Crippen LogP contribution in [0.25, 0.3) is 0 Å². The number of hydrogen-bond acceptors (Lipinski definition) is 3. The number of piperidine rings is 1. The number of rotatable bonds is 4. The van der Waals surface area contributed by atoms with E-state index < -0.39 is 0 Å². The highest BCUT2D eigenvalue weighted by atomic mass is 16.5. The van der Waals surface area contributed by atoms with Gasteiger partial charge < -0.3 is 15.0 Å². The Balaban J connectivity index is 1.58. The Bertz CT molecular complexity index is 738. The van der Waals surface area contributed by atoms with Crippen molar-refractivity contribution in [3.8, 4) is 5.75 Å². The van der Waals surface area contributed by atoms with E-state index in [4.69, 9.17) is 4.74 Å². The van der Waals surface area contributed by atoms with Crippen LogP contribution >= 0.6 is 0 Å². The molecule has 1 aliphatic heterocycles. The molecule has 0 atom stereocenters. The number of anilines is 1. The van der Waals surface area contributed by atoms with E-state index in [9.17, 15) is 9.59 Å². The van der Waals surface area contributed by atoms with Crippen molar-refractivity contribution in [1.29, 1.82) is 0 Å². The number of ether oxygens (including phenoxy) is 1. The highest BCUT2D eigenvalue weighted by Gasteiger charge is 2.28. The molecule has 0 bridgehead atoms. The second-order valence-corrected chi connectivity index (χ2v) is 6.12. The summed E-state index contributed by atoms with van der Waals surface area (Å²) in [6, 6.07) is 16.7. The Labute approximate surface area is 147 Å². The average Bonchev–Trinajstić information content (AvgIpc) is 2.68. The largest absolute Gasteiger partial charge is 0.496 e. The van der Waals surface area contributed by atoms with E-state index in [1.165, 1.54) is 0 Å². The molecule has 0 saturated carbocycles. The number of benzene rings is 2. The first-order valence-corrected chi connectivity index (χ1v) is 8.47. The molecule has 0 unspecified atom stereocenters. The van der Waals surface area contributed by atoms with Gasteiger partial charge in [-0.15, -0.1) is 0 Å². The molecule has 1 heterocycles. The van der Waals surface area contributed by atoms with Gasteiger partial charge in [0.2, 0.25) is 5.91 Å². The second-order valence-electron chi connectivity index (χ2n) is 6.12. The number of methoxy groups -OCH3 is 1. The molecular formula is C20H22N2O3. The second kappa shape index (κ2) is 7.83. The normalized spacial score (nSPS) is 14.8. The Hall–Kier alpha value is -2.82. The van der Waals surface area contributed by atoms with Gasteiger partial charge in [0.15, 0.2) is 0 Å². The number of nitrogens with one attached hydrogen (secondary N) is 1. The Morgan fingerprint density at radius 1 is 1.00 bits per heavy atom. The molecule has 25 heavy (non-hydrogen) atoms. The molecular weight excluding hydrogens is 316 g/mol. The molecule has 2 aromatic carbocycles. The van der Waals surface area contributed by atoms with Crippen molar-refractivity contribution in [3.63, 3.8) is 0 Å². The smallest absolute Gasteiger partial charge is 0.257 e. The molecule has 130 valence electrons. The minimum Gasteiger partial charge on any atom is -0.496 e. The molecule has 0 radical (unpaired) electrons. The topological polar surface area (TPSA) is 58.6 Å². The highest BCUT2D eigenvalue weighted by molar-refractivity contribution is 5.97. The summed E-state index contributed by atoms with van der Waals surface area (Å²) < 4.78 is 5.27. The average molecular weight is 338 g/mol. The van der Waals surface area contributed by atoms with Crippen LogP contribution in [0.2, 0.25) is 0 Å². The zero-order valence-corrected chi connectivity index (χ0v) is 14.3. The molecule has 1 N–H and O–H groups in total. The summed E-state index contributed by atoms with van der Waals surface area (Å²) in [5.41, 5.74) is 1.37. The molecule has 1 fully saturated rings. The van der Waals surface area contributed by atoms with E-state index in [0.717, 1.165) is 5.69 Å². The van der Waals surface area contributed by atoms with E-state index in [1.807, 2.05) is 42.5 Å². The predicted octanol–water partition coefficient (Wildman–Crippen LogP) is 3.19. The van der Waals surface area contributed by atoms with Crippen LogP contribution in [0, 0.1) is 5.92 Å². The minimum absolute atomic E-state index is 0.0237. The van der Waals surface area contributed by atoms with Crippen LogP contribution in [0.15, 0.2) is 54.6 Å². The van der Waals surface area contributed by atoms with Gasteiger partial charge in [0, 0.05) is 24.7 Å². The van der Waals surface area contributed by atoms with Crippen molar-refractivity contribution in [2.45, 2.75) is 12.8 Å². The molecule has 5 nitrogen and oxygen atoms in total. The van der Waals surface area contributed by atoms with E-state index in [2.05, 4.69) is 5.32 Å². The fourth-order valence-electron chi connectivity index (χ4n) is 3.10. The number of nitrogens with zero attached hydrogens (tertiary/aromatic N) is 1. The van der Waals surface area contributed by atoms with Gasteiger partial charge in [-0.3, -0.25) is 9.59 Å². The van der Waals surface area contributed by atoms with Gasteiger partial charge in [0.1, 0.15) is 5.75 Å². The summed E-state index contributed by atoms with van der Waals surface area (Å²) in [5.74, 6) is 0.494. The Kier molecular flexibility index (Phi) is 5.33. The molecule has 0 spiro atoms. The zero-order chi connectivity index (χ0) is 17.6. The highest BCUT2D eigenvalue weighted by Crippen LogP contribution is 2.24. The van der Waals surface area contributed by atoms with E-state index in [1.54, 1.807) is 24.1 Å². The third-order valence-electron chi connectivity index (χ3n) is 4.53. The van der Waals surface area contributed by atoms with Gasteiger partial charge in [0.05, 0.1) is 12.7 Å². The van der Waals surface area contributed by atoms with Crippen LogP contribution < -0.4 is 10.1 Å². The summed E-state index contributed by atoms with van der Waals surface area (Å²) in [5, 5.41) is 2.94. The molecule has 2 amide bonds. The number of para-hydroxylation sites is 2. The number of carbonyl (C=O) groups excluding carboxylic acids is 2. The van der Waals surface area contributed by atoms with E-state index in [-0.39, 0.29) is 17.7 Å². The summed E-state index contributed by atoms with van der Waals surface area (Å²) >= 11 is 0. The molecule has 1 aliphatic rings. The standard InChI is InChI=1S/C20H22N2O3/c1-25-18-10-6-5-9-17(18)20(24)22-13-11-15(12-14-22)19(23)21-16-7-3-2-4-8-16/h2-10,15H,11-14H2,1H3,(H,21,23). The quantitative estimate of drug-likeness (QED) is 0.931. The molecule has 2 aromatic rings.